The first-order valence-corrected chi connectivity index (χ1v) is 7.26. The Bertz CT molecular complexity index is 747. The Morgan fingerprint density at radius 1 is 1.19 bits per heavy atom. The number of hydrogen-bond acceptors (Lipinski definition) is 4. The van der Waals surface area contributed by atoms with Crippen molar-refractivity contribution in [3.8, 4) is 5.95 Å². The van der Waals surface area contributed by atoms with Gasteiger partial charge in [-0.1, -0.05) is 25.1 Å². The molecule has 3 aromatic rings. The molecule has 0 radical (unpaired) electrons. The molecule has 0 atom stereocenters. The summed E-state index contributed by atoms with van der Waals surface area (Å²) in [7, 11) is 0. The molecule has 0 aliphatic rings. The number of fused-ring (bicyclic) bond motifs is 1. The predicted octanol–water partition coefficient (Wildman–Crippen LogP) is 2.62. The lowest BCUT2D eigenvalue weighted by atomic mass is 10.2. The van der Waals surface area contributed by atoms with E-state index in [1.807, 2.05) is 43.6 Å². The summed E-state index contributed by atoms with van der Waals surface area (Å²) in [5, 5.41) is 8.85. The van der Waals surface area contributed by atoms with Gasteiger partial charge >= 0.3 is 0 Å². The van der Waals surface area contributed by atoms with Crippen molar-refractivity contribution in [3.05, 3.63) is 47.9 Å². The van der Waals surface area contributed by atoms with Crippen molar-refractivity contribution in [2.75, 3.05) is 6.54 Å². The third-order valence-corrected chi connectivity index (χ3v) is 3.48. The van der Waals surface area contributed by atoms with Crippen LogP contribution in [0.4, 0.5) is 0 Å². The molecule has 0 bridgehead atoms. The van der Waals surface area contributed by atoms with Crippen molar-refractivity contribution in [3.63, 3.8) is 0 Å². The number of aryl methyl sites for hydroxylation is 1. The Morgan fingerprint density at radius 3 is 2.86 bits per heavy atom. The molecular weight excluding hydrogens is 262 g/mol. The van der Waals surface area contributed by atoms with Gasteiger partial charge in [0.15, 0.2) is 0 Å². The minimum Gasteiger partial charge on any atom is -0.313 e. The molecule has 0 amide bonds. The van der Waals surface area contributed by atoms with Crippen LogP contribution in [-0.2, 0) is 6.54 Å². The molecule has 0 unspecified atom stereocenters. The number of rotatable bonds is 5. The van der Waals surface area contributed by atoms with Gasteiger partial charge in [0.2, 0.25) is 0 Å². The monoisotopic (exact) mass is 281 g/mol. The summed E-state index contributed by atoms with van der Waals surface area (Å²) in [5.74, 6) is 0.618. The van der Waals surface area contributed by atoms with Crippen LogP contribution in [0.25, 0.3) is 16.9 Å². The molecule has 0 saturated carbocycles. The molecule has 0 aliphatic carbocycles. The van der Waals surface area contributed by atoms with Crippen LogP contribution in [-0.4, -0.2) is 26.3 Å². The second-order valence-electron chi connectivity index (χ2n) is 5.07. The standard InChI is InChI=1S/C16H19N5/c1-3-8-17-9-14-10-18-16(20-12(14)2)21-15-7-5-4-6-13(15)11-19-21/h4-7,10-11,17H,3,8-9H2,1-2H3. The molecule has 1 N–H and O–H groups in total. The predicted molar refractivity (Wildman–Crippen MR) is 83.4 cm³/mol. The van der Waals surface area contributed by atoms with Crippen molar-refractivity contribution in [2.24, 2.45) is 0 Å². The number of hydrogen-bond donors (Lipinski definition) is 1. The first-order valence-electron chi connectivity index (χ1n) is 7.26. The van der Waals surface area contributed by atoms with Crippen LogP contribution < -0.4 is 5.32 Å². The zero-order chi connectivity index (χ0) is 14.7. The SMILES string of the molecule is CCCNCc1cnc(-n2ncc3ccccc32)nc1C. The van der Waals surface area contributed by atoms with E-state index < -0.39 is 0 Å². The van der Waals surface area contributed by atoms with Gasteiger partial charge < -0.3 is 5.32 Å². The van der Waals surface area contributed by atoms with E-state index in [0.29, 0.717) is 5.95 Å². The quantitative estimate of drug-likeness (QED) is 0.730. The fraction of sp³-hybridized carbons (Fsp3) is 0.312. The van der Waals surface area contributed by atoms with Gasteiger partial charge in [0.05, 0.1) is 11.7 Å². The van der Waals surface area contributed by atoms with Gasteiger partial charge in [0.25, 0.3) is 5.95 Å². The molecule has 5 heteroatoms. The highest BCUT2D eigenvalue weighted by Gasteiger charge is 2.08. The van der Waals surface area contributed by atoms with Crippen LogP contribution in [0.3, 0.4) is 0 Å². The van der Waals surface area contributed by atoms with E-state index in [1.54, 1.807) is 4.68 Å². The van der Waals surface area contributed by atoms with E-state index in [1.165, 1.54) is 0 Å². The highest BCUT2D eigenvalue weighted by Crippen LogP contribution is 2.16. The Kier molecular flexibility index (Phi) is 3.92. The molecule has 3 rings (SSSR count). The van der Waals surface area contributed by atoms with Gasteiger partial charge in [0.1, 0.15) is 0 Å². The average Bonchev–Trinajstić information content (AvgIpc) is 2.93. The zero-order valence-electron chi connectivity index (χ0n) is 12.4. The summed E-state index contributed by atoms with van der Waals surface area (Å²) in [6.45, 7) is 5.98. The molecular formula is C16H19N5. The van der Waals surface area contributed by atoms with E-state index in [9.17, 15) is 0 Å². The molecule has 1 aromatic carbocycles. The lowest BCUT2D eigenvalue weighted by Crippen LogP contribution is -2.16. The van der Waals surface area contributed by atoms with Crippen molar-refractivity contribution in [2.45, 2.75) is 26.8 Å². The zero-order valence-corrected chi connectivity index (χ0v) is 12.4. The highest BCUT2D eigenvalue weighted by molar-refractivity contribution is 5.79. The van der Waals surface area contributed by atoms with Gasteiger partial charge in [-0.15, -0.1) is 0 Å². The summed E-state index contributed by atoms with van der Waals surface area (Å²) < 4.78 is 1.78. The summed E-state index contributed by atoms with van der Waals surface area (Å²) in [6, 6.07) is 8.06. The molecule has 0 aliphatic heterocycles. The van der Waals surface area contributed by atoms with Gasteiger partial charge in [-0.2, -0.15) is 9.78 Å². The van der Waals surface area contributed by atoms with Crippen LogP contribution in [0.2, 0.25) is 0 Å². The molecule has 2 aromatic heterocycles. The number of para-hydroxylation sites is 1. The number of benzene rings is 1. The molecule has 0 spiro atoms. The number of nitrogens with zero attached hydrogens (tertiary/aromatic N) is 4. The molecule has 0 saturated heterocycles. The highest BCUT2D eigenvalue weighted by atomic mass is 15.3. The summed E-state index contributed by atoms with van der Waals surface area (Å²) >= 11 is 0. The van der Waals surface area contributed by atoms with Crippen LogP contribution in [0.1, 0.15) is 24.6 Å². The van der Waals surface area contributed by atoms with Crippen LogP contribution in [0.5, 0.6) is 0 Å². The Labute approximate surface area is 124 Å². The maximum atomic E-state index is 4.59. The number of aromatic nitrogens is 4. The Morgan fingerprint density at radius 2 is 2.05 bits per heavy atom. The van der Waals surface area contributed by atoms with E-state index in [-0.39, 0.29) is 0 Å². The van der Waals surface area contributed by atoms with E-state index in [4.69, 9.17) is 0 Å². The van der Waals surface area contributed by atoms with E-state index in [0.717, 1.165) is 41.7 Å². The smallest absolute Gasteiger partial charge is 0.251 e. The maximum absolute atomic E-state index is 4.59. The minimum atomic E-state index is 0.618. The van der Waals surface area contributed by atoms with E-state index in [2.05, 4.69) is 27.3 Å². The molecule has 21 heavy (non-hydrogen) atoms. The maximum Gasteiger partial charge on any atom is 0.251 e. The third-order valence-electron chi connectivity index (χ3n) is 3.48. The van der Waals surface area contributed by atoms with Gasteiger partial charge in [-0.05, 0) is 26.0 Å². The summed E-state index contributed by atoms with van der Waals surface area (Å²) in [4.78, 5) is 9.05. The molecule has 108 valence electrons. The van der Waals surface area contributed by atoms with Crippen LogP contribution in [0.15, 0.2) is 36.7 Å². The van der Waals surface area contributed by atoms with Crippen molar-refractivity contribution >= 4 is 10.9 Å². The molecule has 2 heterocycles. The van der Waals surface area contributed by atoms with Gasteiger partial charge in [-0.3, -0.25) is 0 Å². The van der Waals surface area contributed by atoms with Gasteiger partial charge in [-0.25, -0.2) is 9.97 Å². The Hall–Kier alpha value is -2.27. The fourth-order valence-corrected chi connectivity index (χ4v) is 2.29. The van der Waals surface area contributed by atoms with Crippen LogP contribution >= 0.6 is 0 Å². The van der Waals surface area contributed by atoms with Crippen molar-refractivity contribution in [1.29, 1.82) is 0 Å². The number of nitrogens with one attached hydrogen (secondary N) is 1. The minimum absolute atomic E-state index is 0.618. The van der Waals surface area contributed by atoms with Crippen molar-refractivity contribution in [1.82, 2.24) is 25.1 Å². The topological polar surface area (TPSA) is 55.6 Å². The normalized spacial score (nSPS) is 11.1. The van der Waals surface area contributed by atoms with Crippen LogP contribution in [0, 0.1) is 6.92 Å². The third kappa shape index (κ3) is 2.78. The Balaban J connectivity index is 1.91. The average molecular weight is 281 g/mol. The fourth-order valence-electron chi connectivity index (χ4n) is 2.29. The first kappa shape index (κ1) is 13.7. The van der Waals surface area contributed by atoms with Crippen molar-refractivity contribution < 1.29 is 0 Å². The summed E-state index contributed by atoms with van der Waals surface area (Å²) in [6.07, 6.45) is 4.85. The first-order chi connectivity index (χ1) is 10.3. The van der Waals surface area contributed by atoms with Gasteiger partial charge in [0, 0.05) is 29.4 Å². The molecule has 5 nitrogen and oxygen atoms in total. The molecule has 0 fully saturated rings. The summed E-state index contributed by atoms with van der Waals surface area (Å²) in [5.41, 5.74) is 3.14. The largest absolute Gasteiger partial charge is 0.313 e. The lowest BCUT2D eigenvalue weighted by molar-refractivity contribution is 0.666. The van der Waals surface area contributed by atoms with E-state index >= 15 is 0 Å². The second kappa shape index (κ2) is 6.01. The second-order valence-corrected chi connectivity index (χ2v) is 5.07. The lowest BCUT2D eigenvalue weighted by Gasteiger charge is -2.08.